The highest BCUT2D eigenvalue weighted by atomic mass is 19.1. The van der Waals surface area contributed by atoms with E-state index in [1.807, 2.05) is 0 Å². The number of halogens is 1. The molecular formula is C30H37FN6O7. The summed E-state index contributed by atoms with van der Waals surface area (Å²) in [6.45, 7) is 8.20. The first kappa shape index (κ1) is 32.3. The Hall–Kier alpha value is -4.62. The number of aromatic nitrogens is 4. The summed E-state index contributed by atoms with van der Waals surface area (Å²) in [4.78, 5) is 57.6. The quantitative estimate of drug-likeness (QED) is 0.242. The van der Waals surface area contributed by atoms with E-state index in [1.165, 1.54) is 38.2 Å². The number of hydrogen-bond acceptors (Lipinski definition) is 10. The van der Waals surface area contributed by atoms with E-state index >= 15 is 0 Å². The Morgan fingerprint density at radius 2 is 1.77 bits per heavy atom. The van der Waals surface area contributed by atoms with E-state index in [0.29, 0.717) is 18.4 Å². The molecule has 1 saturated carbocycles. The average Bonchev–Trinajstić information content (AvgIpc) is 3.66. The molecule has 0 bridgehead atoms. The minimum absolute atomic E-state index is 0.00824. The molecule has 1 unspecified atom stereocenters. The van der Waals surface area contributed by atoms with E-state index in [1.54, 1.807) is 27.7 Å². The van der Waals surface area contributed by atoms with E-state index in [2.05, 4.69) is 25.8 Å². The van der Waals surface area contributed by atoms with Gasteiger partial charge in [0.2, 0.25) is 17.9 Å². The van der Waals surface area contributed by atoms with Crippen LogP contribution in [0.2, 0.25) is 0 Å². The van der Waals surface area contributed by atoms with Crippen LogP contribution < -0.4 is 20.9 Å². The number of rotatable bonds is 11. The van der Waals surface area contributed by atoms with Crippen LogP contribution in [0.1, 0.15) is 91.8 Å². The highest BCUT2D eigenvalue weighted by molar-refractivity contribution is 5.95. The van der Waals surface area contributed by atoms with Crippen LogP contribution >= 0.6 is 0 Å². The van der Waals surface area contributed by atoms with Crippen LogP contribution in [0.5, 0.6) is 5.75 Å². The predicted octanol–water partition coefficient (Wildman–Crippen LogP) is 3.30. The van der Waals surface area contributed by atoms with E-state index in [-0.39, 0.29) is 41.7 Å². The van der Waals surface area contributed by atoms with Crippen LogP contribution in [0.3, 0.4) is 0 Å². The van der Waals surface area contributed by atoms with Crippen molar-refractivity contribution in [1.82, 2.24) is 30.4 Å². The molecule has 1 aromatic carbocycles. The van der Waals surface area contributed by atoms with Crippen molar-refractivity contribution in [2.75, 3.05) is 0 Å². The van der Waals surface area contributed by atoms with Gasteiger partial charge in [-0.2, -0.15) is 0 Å². The Labute approximate surface area is 253 Å². The smallest absolute Gasteiger partial charge is 0.312 e. The van der Waals surface area contributed by atoms with Gasteiger partial charge >= 0.3 is 17.8 Å². The molecule has 2 heterocycles. The van der Waals surface area contributed by atoms with Crippen LogP contribution in [0, 0.1) is 24.6 Å². The molecule has 13 nitrogen and oxygen atoms in total. The summed E-state index contributed by atoms with van der Waals surface area (Å²) in [5.74, 6) is -3.51. The second kappa shape index (κ2) is 13.3. The largest absolute Gasteiger partial charge is 0.446 e. The number of benzene rings is 1. The zero-order chi connectivity index (χ0) is 32.2. The van der Waals surface area contributed by atoms with E-state index in [9.17, 15) is 23.6 Å². The number of aryl methyl sites for hydroxylation is 1. The molecule has 0 saturated heterocycles. The van der Waals surface area contributed by atoms with Crippen molar-refractivity contribution in [3.05, 3.63) is 69.3 Å². The second-order valence-corrected chi connectivity index (χ2v) is 11.6. The Balaban J connectivity index is 1.70. The number of esters is 1. The maximum absolute atomic E-state index is 13.8. The van der Waals surface area contributed by atoms with Gasteiger partial charge in [-0.3, -0.25) is 23.7 Å². The van der Waals surface area contributed by atoms with Gasteiger partial charge in [0.25, 0.3) is 11.5 Å². The van der Waals surface area contributed by atoms with Crippen molar-refractivity contribution in [2.24, 2.45) is 18.9 Å². The molecule has 1 aliphatic carbocycles. The number of carbonyl (C=O) groups is 3. The molecule has 3 aromatic rings. The van der Waals surface area contributed by atoms with Crippen molar-refractivity contribution in [3.8, 4) is 5.75 Å². The van der Waals surface area contributed by atoms with Gasteiger partial charge < -0.3 is 24.5 Å². The zero-order valence-electron chi connectivity index (χ0n) is 25.6. The molecule has 14 heteroatoms. The average molecular weight is 613 g/mol. The highest BCUT2D eigenvalue weighted by Crippen LogP contribution is 2.28. The molecule has 0 aliphatic heterocycles. The van der Waals surface area contributed by atoms with Crippen LogP contribution in [0.25, 0.3) is 0 Å². The van der Waals surface area contributed by atoms with E-state index in [4.69, 9.17) is 13.9 Å². The monoisotopic (exact) mass is 612 g/mol. The first-order valence-electron chi connectivity index (χ1n) is 14.4. The van der Waals surface area contributed by atoms with Gasteiger partial charge in [-0.25, -0.2) is 9.37 Å². The normalized spacial score (nSPS) is 14.4. The summed E-state index contributed by atoms with van der Waals surface area (Å²) >= 11 is 0. The van der Waals surface area contributed by atoms with Crippen molar-refractivity contribution in [1.29, 1.82) is 0 Å². The fraction of sp³-hybridized carbons (Fsp3) is 0.500. The molecular weight excluding hydrogens is 575 g/mol. The molecule has 44 heavy (non-hydrogen) atoms. The highest BCUT2D eigenvalue weighted by Gasteiger charge is 2.35. The van der Waals surface area contributed by atoms with Gasteiger partial charge in [0.05, 0.1) is 11.5 Å². The van der Waals surface area contributed by atoms with Crippen molar-refractivity contribution in [2.45, 2.75) is 78.7 Å². The first-order chi connectivity index (χ1) is 20.8. The molecule has 0 radical (unpaired) electrons. The Morgan fingerprint density at radius 3 is 2.36 bits per heavy atom. The van der Waals surface area contributed by atoms with Crippen molar-refractivity contribution >= 4 is 17.8 Å². The third-order valence-corrected chi connectivity index (χ3v) is 7.24. The second-order valence-electron chi connectivity index (χ2n) is 11.6. The van der Waals surface area contributed by atoms with Gasteiger partial charge in [-0.05, 0) is 44.4 Å². The summed E-state index contributed by atoms with van der Waals surface area (Å²) in [5, 5.41) is 12.7. The lowest BCUT2D eigenvalue weighted by atomic mass is 10.0. The third kappa shape index (κ3) is 7.47. The Kier molecular flexibility index (Phi) is 9.80. The molecule has 2 aromatic heterocycles. The molecule has 2 N–H and O–H groups in total. The lowest BCUT2D eigenvalue weighted by Crippen LogP contribution is -2.46. The van der Waals surface area contributed by atoms with Crippen molar-refractivity contribution in [3.63, 3.8) is 0 Å². The summed E-state index contributed by atoms with van der Waals surface area (Å²) in [7, 11) is 1.41. The topological polar surface area (TPSA) is 168 Å². The molecule has 1 atom stereocenters. The van der Waals surface area contributed by atoms with E-state index < -0.39 is 46.7 Å². The lowest BCUT2D eigenvalue weighted by molar-refractivity contribution is -0.174. The number of nitrogens with one attached hydrogen (secondary N) is 2. The molecule has 1 aliphatic rings. The summed E-state index contributed by atoms with van der Waals surface area (Å²) in [6, 6.07) is 5.52. The summed E-state index contributed by atoms with van der Waals surface area (Å²) in [6.07, 6.45) is 2.09. The summed E-state index contributed by atoms with van der Waals surface area (Å²) < 4.78 is 31.4. The van der Waals surface area contributed by atoms with Gasteiger partial charge in [-0.1, -0.05) is 38.8 Å². The maximum atomic E-state index is 13.8. The maximum Gasteiger partial charge on any atom is 0.312 e. The van der Waals surface area contributed by atoms with Gasteiger partial charge in [0.1, 0.15) is 11.6 Å². The minimum Gasteiger partial charge on any atom is -0.446 e. The number of carbonyl (C=O) groups excluding carboxylic acids is 3. The Morgan fingerprint density at radius 1 is 1.11 bits per heavy atom. The third-order valence-electron chi connectivity index (χ3n) is 7.24. The molecule has 236 valence electrons. The van der Waals surface area contributed by atoms with Gasteiger partial charge in [0, 0.05) is 26.4 Å². The zero-order valence-corrected chi connectivity index (χ0v) is 25.6. The number of ether oxygens (including phenoxy) is 2. The number of hydrogen-bond donors (Lipinski definition) is 2. The minimum atomic E-state index is -1.33. The Bertz CT molecular complexity index is 1580. The van der Waals surface area contributed by atoms with Gasteiger partial charge in [-0.15, -0.1) is 10.2 Å². The van der Waals surface area contributed by atoms with Crippen LogP contribution in [0.4, 0.5) is 4.39 Å². The molecule has 4 rings (SSSR count). The first-order valence-corrected chi connectivity index (χ1v) is 14.4. The van der Waals surface area contributed by atoms with E-state index in [0.717, 1.165) is 17.4 Å². The fourth-order valence-corrected chi connectivity index (χ4v) is 4.84. The molecule has 1 fully saturated rings. The standard InChI is InChI=1S/C30H37FN6O7/c1-16(2)28(44-27(41)19-9-7-8-10-19)43-22-21(23(38)32-15-18-11-13-20(31)14-12-18)33-29(37(6)26(22)40)30(4,5)34-24(39)25-36-35-17(3)42-25/h11-14,16,19,28H,7-10,15H2,1-6H3,(H,32,38)(H,34,39). The number of nitrogens with zero attached hydrogens (tertiary/aromatic N) is 4. The summed E-state index contributed by atoms with van der Waals surface area (Å²) in [5.41, 5.74) is -1.87. The predicted molar refractivity (Wildman–Crippen MR) is 154 cm³/mol. The molecule has 2 amide bonds. The fourth-order valence-electron chi connectivity index (χ4n) is 4.84. The molecule has 0 spiro atoms. The van der Waals surface area contributed by atoms with Crippen LogP contribution in [0.15, 0.2) is 33.5 Å². The lowest BCUT2D eigenvalue weighted by Gasteiger charge is -2.29. The van der Waals surface area contributed by atoms with Gasteiger partial charge in [0.15, 0.2) is 5.69 Å². The SMILES string of the molecule is Cc1nnc(C(=O)NC(C)(C)c2nc(C(=O)NCc3ccc(F)cc3)c(OC(OC(=O)C3CCCC3)C(C)C)c(=O)n2C)o1. The van der Waals surface area contributed by atoms with Crippen molar-refractivity contribution < 1.29 is 32.7 Å². The van der Waals surface area contributed by atoms with Crippen LogP contribution in [-0.4, -0.2) is 43.8 Å². The number of amides is 2. The van der Waals surface area contributed by atoms with Crippen LogP contribution in [-0.2, 0) is 28.7 Å².